The highest BCUT2D eigenvalue weighted by Crippen LogP contribution is 2.27. The molecule has 114 valence electrons. The molecular weight excluding hydrogens is 292 g/mol. The van der Waals surface area contributed by atoms with Crippen LogP contribution in [0.25, 0.3) is 0 Å². The highest BCUT2D eigenvalue weighted by molar-refractivity contribution is 6.32. The topological polar surface area (TPSA) is 72.2 Å². The van der Waals surface area contributed by atoms with Gasteiger partial charge in [-0.15, -0.1) is 5.10 Å². The second-order valence-corrected chi connectivity index (χ2v) is 4.95. The minimum absolute atomic E-state index is 0.0467. The molecule has 2 N–H and O–H groups in total. The van der Waals surface area contributed by atoms with Gasteiger partial charge in [-0.2, -0.15) is 0 Å². The van der Waals surface area contributed by atoms with E-state index in [0.717, 1.165) is 17.8 Å². The van der Waals surface area contributed by atoms with E-state index in [9.17, 15) is 0 Å². The average Bonchev–Trinajstić information content (AvgIpc) is 2.92. The van der Waals surface area contributed by atoms with Crippen LogP contribution in [-0.4, -0.2) is 33.3 Å². The van der Waals surface area contributed by atoms with E-state index in [0.29, 0.717) is 30.5 Å². The van der Waals surface area contributed by atoms with E-state index in [1.165, 1.54) is 0 Å². The molecule has 1 aromatic carbocycles. The number of ether oxygens (including phenoxy) is 1. The molecule has 0 fully saturated rings. The first-order valence-electron chi connectivity index (χ1n) is 6.89. The van der Waals surface area contributed by atoms with Crippen molar-refractivity contribution in [3.8, 4) is 5.75 Å². The van der Waals surface area contributed by atoms with Gasteiger partial charge in [0.1, 0.15) is 11.4 Å². The van der Waals surface area contributed by atoms with E-state index in [-0.39, 0.29) is 6.61 Å². The fraction of sp³-hybridized carbons (Fsp3) is 0.429. The maximum atomic E-state index is 8.82. The summed E-state index contributed by atoms with van der Waals surface area (Å²) in [5, 5.41) is 20.5. The molecule has 0 radical (unpaired) electrons. The molecule has 0 aliphatic carbocycles. The molecule has 0 aliphatic heterocycles. The second kappa shape index (κ2) is 7.85. The van der Waals surface area contributed by atoms with Crippen molar-refractivity contribution in [2.24, 2.45) is 0 Å². The zero-order valence-corrected chi connectivity index (χ0v) is 12.7. The predicted octanol–water partition coefficient (Wildman–Crippen LogP) is 2.32. The van der Waals surface area contributed by atoms with Crippen LogP contribution < -0.4 is 10.1 Å². The third kappa shape index (κ3) is 4.61. The molecule has 0 unspecified atom stereocenters. The van der Waals surface area contributed by atoms with E-state index in [1.807, 2.05) is 25.1 Å². The Morgan fingerprint density at radius 2 is 2.29 bits per heavy atom. The summed E-state index contributed by atoms with van der Waals surface area (Å²) in [6.45, 7) is 3.73. The summed E-state index contributed by atoms with van der Waals surface area (Å²) in [5.41, 5.74) is 1.69. The van der Waals surface area contributed by atoms with Crippen LogP contribution in [-0.2, 0) is 13.1 Å². The fourth-order valence-electron chi connectivity index (χ4n) is 1.76. The largest absolute Gasteiger partial charge is 0.492 e. The number of aliphatic hydroxyl groups excluding tert-OH is 1. The minimum atomic E-state index is 0.0467. The number of nitrogens with zero attached hydrogens (tertiary/aromatic N) is 3. The highest BCUT2D eigenvalue weighted by Gasteiger charge is 2.04. The lowest BCUT2D eigenvalue weighted by Gasteiger charge is -2.09. The van der Waals surface area contributed by atoms with Crippen molar-refractivity contribution in [2.75, 3.05) is 18.5 Å². The van der Waals surface area contributed by atoms with Gasteiger partial charge in [-0.25, -0.2) is 4.68 Å². The van der Waals surface area contributed by atoms with Gasteiger partial charge >= 0.3 is 0 Å². The van der Waals surface area contributed by atoms with Crippen LogP contribution in [0.2, 0.25) is 5.02 Å². The first kappa shape index (κ1) is 15.6. The van der Waals surface area contributed by atoms with Crippen LogP contribution in [0.5, 0.6) is 5.75 Å². The molecule has 21 heavy (non-hydrogen) atoms. The van der Waals surface area contributed by atoms with E-state index in [1.54, 1.807) is 10.9 Å². The summed E-state index contributed by atoms with van der Waals surface area (Å²) >= 11 is 6.17. The van der Waals surface area contributed by atoms with Crippen LogP contribution in [0.1, 0.15) is 19.0 Å². The number of aliphatic hydroxyl groups is 1. The van der Waals surface area contributed by atoms with Crippen LogP contribution in [0.4, 0.5) is 5.69 Å². The van der Waals surface area contributed by atoms with Crippen LogP contribution in [0.3, 0.4) is 0 Å². The Bertz CT molecular complexity index is 574. The molecule has 2 aromatic rings. The zero-order chi connectivity index (χ0) is 15.1. The maximum absolute atomic E-state index is 8.82. The van der Waals surface area contributed by atoms with Crippen molar-refractivity contribution in [1.82, 2.24) is 15.0 Å². The average molecular weight is 311 g/mol. The summed E-state index contributed by atoms with van der Waals surface area (Å²) < 4.78 is 7.13. The number of anilines is 1. The van der Waals surface area contributed by atoms with Gasteiger partial charge in [-0.1, -0.05) is 23.7 Å². The van der Waals surface area contributed by atoms with Crippen molar-refractivity contribution in [3.63, 3.8) is 0 Å². The molecule has 1 heterocycles. The molecule has 1 aromatic heterocycles. The van der Waals surface area contributed by atoms with Gasteiger partial charge in [0.05, 0.1) is 37.5 Å². The molecular formula is C14H19ClN4O2. The Morgan fingerprint density at radius 3 is 3.00 bits per heavy atom. The number of benzene rings is 1. The van der Waals surface area contributed by atoms with Gasteiger partial charge < -0.3 is 15.2 Å². The quantitative estimate of drug-likeness (QED) is 0.783. The van der Waals surface area contributed by atoms with Gasteiger partial charge in [0.15, 0.2) is 0 Å². The Labute approximate surface area is 128 Å². The summed E-state index contributed by atoms with van der Waals surface area (Å²) in [6.07, 6.45) is 2.74. The van der Waals surface area contributed by atoms with Crippen LogP contribution >= 0.6 is 11.6 Å². The third-order valence-electron chi connectivity index (χ3n) is 2.78. The van der Waals surface area contributed by atoms with Gasteiger partial charge in [0.2, 0.25) is 0 Å². The summed E-state index contributed by atoms with van der Waals surface area (Å²) in [7, 11) is 0. The molecule has 2 rings (SSSR count). The Kier molecular flexibility index (Phi) is 5.83. The highest BCUT2D eigenvalue weighted by atomic mass is 35.5. The van der Waals surface area contributed by atoms with E-state index in [4.69, 9.17) is 21.4 Å². The Balaban J connectivity index is 1.91. The first-order chi connectivity index (χ1) is 10.2. The fourth-order valence-corrected chi connectivity index (χ4v) is 2.00. The molecule has 0 bridgehead atoms. The standard InChI is InChI=1S/C14H19ClN4O2/c1-2-7-21-14-4-3-11(8-13(14)15)16-9-12-10-19(5-6-20)18-17-12/h3-4,8,10,16,20H,2,5-7,9H2,1H3. The smallest absolute Gasteiger partial charge is 0.138 e. The molecule has 0 saturated heterocycles. The summed E-state index contributed by atoms with van der Waals surface area (Å²) in [5.74, 6) is 0.693. The maximum Gasteiger partial charge on any atom is 0.138 e. The lowest BCUT2D eigenvalue weighted by atomic mass is 10.3. The minimum Gasteiger partial charge on any atom is -0.492 e. The van der Waals surface area contributed by atoms with E-state index >= 15 is 0 Å². The normalized spacial score (nSPS) is 10.6. The first-order valence-corrected chi connectivity index (χ1v) is 7.26. The van der Waals surface area contributed by atoms with Crippen LogP contribution in [0, 0.1) is 0 Å². The van der Waals surface area contributed by atoms with Crippen molar-refractivity contribution in [3.05, 3.63) is 35.1 Å². The van der Waals surface area contributed by atoms with Gasteiger partial charge in [0.25, 0.3) is 0 Å². The number of rotatable bonds is 8. The van der Waals surface area contributed by atoms with Crippen molar-refractivity contribution < 1.29 is 9.84 Å². The zero-order valence-electron chi connectivity index (χ0n) is 11.9. The predicted molar refractivity (Wildman–Crippen MR) is 81.7 cm³/mol. The third-order valence-corrected chi connectivity index (χ3v) is 3.08. The number of hydrogen-bond acceptors (Lipinski definition) is 5. The molecule has 0 saturated carbocycles. The summed E-state index contributed by atoms with van der Waals surface area (Å²) in [4.78, 5) is 0. The molecule has 0 atom stereocenters. The lowest BCUT2D eigenvalue weighted by Crippen LogP contribution is -2.02. The Hall–Kier alpha value is -1.79. The second-order valence-electron chi connectivity index (χ2n) is 4.54. The molecule has 0 aliphatic rings. The SMILES string of the molecule is CCCOc1ccc(NCc2cn(CCO)nn2)cc1Cl. The molecule has 0 spiro atoms. The molecule has 7 heteroatoms. The van der Waals surface area contributed by atoms with E-state index in [2.05, 4.69) is 15.6 Å². The van der Waals surface area contributed by atoms with Gasteiger partial charge in [-0.05, 0) is 24.6 Å². The van der Waals surface area contributed by atoms with Crippen molar-refractivity contribution >= 4 is 17.3 Å². The summed E-state index contributed by atoms with van der Waals surface area (Å²) in [6, 6.07) is 5.59. The van der Waals surface area contributed by atoms with Gasteiger partial charge in [0, 0.05) is 5.69 Å². The number of aromatic nitrogens is 3. The lowest BCUT2D eigenvalue weighted by molar-refractivity contribution is 0.268. The number of hydrogen-bond donors (Lipinski definition) is 2. The number of nitrogens with one attached hydrogen (secondary N) is 1. The van der Waals surface area contributed by atoms with E-state index < -0.39 is 0 Å². The monoisotopic (exact) mass is 310 g/mol. The van der Waals surface area contributed by atoms with Crippen molar-refractivity contribution in [2.45, 2.75) is 26.4 Å². The molecule has 0 amide bonds. The number of halogens is 1. The molecule has 6 nitrogen and oxygen atoms in total. The Morgan fingerprint density at radius 1 is 1.43 bits per heavy atom. The van der Waals surface area contributed by atoms with Gasteiger partial charge in [-0.3, -0.25) is 0 Å². The van der Waals surface area contributed by atoms with Crippen molar-refractivity contribution in [1.29, 1.82) is 0 Å². The van der Waals surface area contributed by atoms with Crippen LogP contribution in [0.15, 0.2) is 24.4 Å².